The molecule has 0 radical (unpaired) electrons. The Morgan fingerprint density at radius 1 is 1.09 bits per heavy atom. The number of primary amides is 1. The Hall–Kier alpha value is -2.57. The zero-order chi connectivity index (χ0) is 15.5. The van der Waals surface area contributed by atoms with Crippen LogP contribution in [0.4, 0.5) is 10.5 Å². The summed E-state index contributed by atoms with van der Waals surface area (Å²) >= 11 is 0. The molecule has 1 aliphatic rings. The SMILES string of the molecule is NC(=O)N(c1ccc(-c2ccc(O)cc2)cc1)N1CCNC1. The molecule has 1 aliphatic heterocycles. The fourth-order valence-electron chi connectivity index (χ4n) is 2.54. The maximum absolute atomic E-state index is 11.7. The lowest BCUT2D eigenvalue weighted by Gasteiger charge is -2.29. The molecule has 2 aromatic rings. The van der Waals surface area contributed by atoms with Gasteiger partial charge in [-0.15, -0.1) is 0 Å². The van der Waals surface area contributed by atoms with Gasteiger partial charge in [0.1, 0.15) is 5.75 Å². The zero-order valence-corrected chi connectivity index (χ0v) is 12.1. The van der Waals surface area contributed by atoms with E-state index in [1.807, 2.05) is 41.4 Å². The highest BCUT2D eigenvalue weighted by molar-refractivity contribution is 5.90. The highest BCUT2D eigenvalue weighted by atomic mass is 16.3. The molecule has 4 N–H and O–H groups in total. The van der Waals surface area contributed by atoms with Crippen LogP contribution in [0.2, 0.25) is 0 Å². The van der Waals surface area contributed by atoms with E-state index in [4.69, 9.17) is 5.73 Å². The van der Waals surface area contributed by atoms with E-state index >= 15 is 0 Å². The highest BCUT2D eigenvalue weighted by Crippen LogP contribution is 2.25. The molecular weight excluding hydrogens is 280 g/mol. The number of nitrogens with two attached hydrogens (primary N) is 1. The van der Waals surface area contributed by atoms with Gasteiger partial charge in [-0.3, -0.25) is 0 Å². The summed E-state index contributed by atoms with van der Waals surface area (Å²) in [5.74, 6) is 0.238. The second-order valence-corrected chi connectivity index (χ2v) is 5.13. The number of urea groups is 1. The summed E-state index contributed by atoms with van der Waals surface area (Å²) in [7, 11) is 0. The van der Waals surface area contributed by atoms with Crippen LogP contribution in [0.3, 0.4) is 0 Å². The number of rotatable bonds is 3. The largest absolute Gasteiger partial charge is 0.508 e. The Morgan fingerprint density at radius 2 is 1.68 bits per heavy atom. The molecule has 1 saturated heterocycles. The number of nitrogens with one attached hydrogen (secondary N) is 1. The van der Waals surface area contributed by atoms with Gasteiger partial charge in [-0.25, -0.2) is 9.80 Å². The first-order valence-electron chi connectivity index (χ1n) is 7.10. The van der Waals surface area contributed by atoms with Crippen molar-refractivity contribution in [1.82, 2.24) is 10.3 Å². The van der Waals surface area contributed by atoms with Gasteiger partial charge in [-0.1, -0.05) is 24.3 Å². The Balaban J connectivity index is 1.85. The first-order valence-corrected chi connectivity index (χ1v) is 7.10. The number of anilines is 1. The lowest BCUT2D eigenvalue weighted by atomic mass is 10.1. The average molecular weight is 298 g/mol. The van der Waals surface area contributed by atoms with Gasteiger partial charge in [-0.2, -0.15) is 5.01 Å². The third-order valence-electron chi connectivity index (χ3n) is 3.65. The topological polar surface area (TPSA) is 81.8 Å². The Morgan fingerprint density at radius 3 is 2.18 bits per heavy atom. The fraction of sp³-hybridized carbons (Fsp3) is 0.188. The molecule has 0 aromatic heterocycles. The Kier molecular flexibility index (Phi) is 3.95. The highest BCUT2D eigenvalue weighted by Gasteiger charge is 2.23. The van der Waals surface area contributed by atoms with E-state index in [9.17, 15) is 9.90 Å². The molecule has 0 atom stereocenters. The summed E-state index contributed by atoms with van der Waals surface area (Å²) in [5.41, 5.74) is 8.24. The first kappa shape index (κ1) is 14.4. The molecule has 6 heteroatoms. The van der Waals surface area contributed by atoms with Crippen molar-refractivity contribution >= 4 is 11.7 Å². The summed E-state index contributed by atoms with van der Waals surface area (Å²) in [6.07, 6.45) is 0. The van der Waals surface area contributed by atoms with Gasteiger partial charge in [0.2, 0.25) is 0 Å². The lowest BCUT2D eigenvalue weighted by molar-refractivity contribution is 0.230. The van der Waals surface area contributed by atoms with Crippen LogP contribution in [0.1, 0.15) is 0 Å². The second kappa shape index (κ2) is 6.05. The molecule has 0 unspecified atom stereocenters. The minimum Gasteiger partial charge on any atom is -0.508 e. The summed E-state index contributed by atoms with van der Waals surface area (Å²) in [4.78, 5) is 11.7. The number of hydrogen-bond donors (Lipinski definition) is 3. The summed E-state index contributed by atoms with van der Waals surface area (Å²) in [5, 5.41) is 15.9. The normalized spacial score (nSPS) is 14.9. The van der Waals surface area contributed by atoms with E-state index in [1.165, 1.54) is 5.01 Å². The molecule has 1 fully saturated rings. The van der Waals surface area contributed by atoms with Gasteiger partial charge in [0.15, 0.2) is 0 Å². The van der Waals surface area contributed by atoms with Gasteiger partial charge in [0, 0.05) is 13.1 Å². The number of carbonyl (C=O) groups is 1. The number of hydrogen-bond acceptors (Lipinski definition) is 4. The van der Waals surface area contributed by atoms with Crippen molar-refractivity contribution in [2.45, 2.75) is 0 Å². The Labute approximate surface area is 128 Å². The van der Waals surface area contributed by atoms with Crippen LogP contribution in [-0.2, 0) is 0 Å². The fourth-order valence-corrected chi connectivity index (χ4v) is 2.54. The number of carbonyl (C=O) groups excluding carboxylic acids is 1. The third kappa shape index (κ3) is 2.88. The number of nitrogens with zero attached hydrogens (tertiary/aromatic N) is 2. The van der Waals surface area contributed by atoms with Crippen molar-refractivity contribution in [2.24, 2.45) is 5.73 Å². The number of hydrazine groups is 1. The van der Waals surface area contributed by atoms with Crippen LogP contribution in [-0.4, -0.2) is 35.9 Å². The number of phenols is 1. The van der Waals surface area contributed by atoms with Gasteiger partial charge < -0.3 is 16.2 Å². The number of benzene rings is 2. The van der Waals surface area contributed by atoms with Crippen LogP contribution in [0.15, 0.2) is 48.5 Å². The van der Waals surface area contributed by atoms with Crippen molar-refractivity contribution in [3.63, 3.8) is 0 Å². The maximum atomic E-state index is 11.7. The van der Waals surface area contributed by atoms with Crippen LogP contribution in [0.25, 0.3) is 11.1 Å². The molecule has 0 saturated carbocycles. The molecule has 6 nitrogen and oxygen atoms in total. The molecule has 1 heterocycles. The minimum absolute atomic E-state index is 0.238. The van der Waals surface area contributed by atoms with Crippen molar-refractivity contribution < 1.29 is 9.90 Å². The van der Waals surface area contributed by atoms with Crippen molar-refractivity contribution in [3.05, 3.63) is 48.5 Å². The summed E-state index contributed by atoms with van der Waals surface area (Å²) < 4.78 is 0. The molecule has 3 rings (SSSR count). The zero-order valence-electron chi connectivity index (χ0n) is 12.1. The molecule has 0 bridgehead atoms. The number of phenolic OH excluding ortho intramolecular Hbond substituents is 1. The number of aromatic hydroxyl groups is 1. The smallest absolute Gasteiger partial charge is 0.334 e. The van der Waals surface area contributed by atoms with E-state index < -0.39 is 6.03 Å². The van der Waals surface area contributed by atoms with Crippen molar-refractivity contribution in [2.75, 3.05) is 24.8 Å². The van der Waals surface area contributed by atoms with E-state index in [1.54, 1.807) is 12.1 Å². The van der Waals surface area contributed by atoms with Gasteiger partial charge in [0.25, 0.3) is 0 Å². The molecule has 0 spiro atoms. The van der Waals surface area contributed by atoms with Gasteiger partial charge >= 0.3 is 6.03 Å². The van der Waals surface area contributed by atoms with Crippen LogP contribution < -0.4 is 16.1 Å². The minimum atomic E-state index is -0.499. The Bertz CT molecular complexity index is 649. The predicted octanol–water partition coefficient (Wildman–Crippen LogP) is 1.72. The standard InChI is InChI=1S/C16H18N4O2/c17-16(22)20(19-10-9-18-11-19)14-5-1-12(2-6-14)13-3-7-15(21)8-4-13/h1-8,18,21H,9-11H2,(H2,17,22). The van der Waals surface area contributed by atoms with Crippen molar-refractivity contribution in [3.8, 4) is 16.9 Å². The molecule has 2 amide bonds. The first-order chi connectivity index (χ1) is 10.6. The molecular formula is C16H18N4O2. The number of amides is 2. The second-order valence-electron chi connectivity index (χ2n) is 5.13. The van der Waals surface area contributed by atoms with Gasteiger partial charge in [0.05, 0.1) is 12.4 Å². The van der Waals surface area contributed by atoms with E-state index in [-0.39, 0.29) is 5.75 Å². The van der Waals surface area contributed by atoms with Crippen molar-refractivity contribution in [1.29, 1.82) is 0 Å². The quantitative estimate of drug-likeness (QED) is 0.806. The molecule has 2 aromatic carbocycles. The predicted molar refractivity (Wildman–Crippen MR) is 85.2 cm³/mol. The third-order valence-corrected chi connectivity index (χ3v) is 3.65. The molecule has 0 aliphatic carbocycles. The molecule has 22 heavy (non-hydrogen) atoms. The maximum Gasteiger partial charge on any atom is 0.334 e. The van der Waals surface area contributed by atoms with E-state index in [2.05, 4.69) is 5.32 Å². The van der Waals surface area contributed by atoms with Crippen LogP contribution >= 0.6 is 0 Å². The van der Waals surface area contributed by atoms with Gasteiger partial charge in [-0.05, 0) is 35.4 Å². The van der Waals surface area contributed by atoms with Crippen LogP contribution in [0.5, 0.6) is 5.75 Å². The molecule has 114 valence electrons. The average Bonchev–Trinajstić information content (AvgIpc) is 3.03. The monoisotopic (exact) mass is 298 g/mol. The summed E-state index contributed by atoms with van der Waals surface area (Å²) in [6.45, 7) is 2.17. The van der Waals surface area contributed by atoms with E-state index in [0.717, 1.165) is 29.9 Å². The lowest BCUT2D eigenvalue weighted by Crippen LogP contribution is -2.48. The van der Waals surface area contributed by atoms with Crippen LogP contribution in [0, 0.1) is 0 Å². The van der Waals surface area contributed by atoms with E-state index in [0.29, 0.717) is 6.67 Å². The summed E-state index contributed by atoms with van der Waals surface area (Å²) in [6, 6.07) is 14.1.